The first-order valence-electron chi connectivity index (χ1n) is 6.62. The first kappa shape index (κ1) is 16.7. The van der Waals surface area contributed by atoms with E-state index in [9.17, 15) is 4.79 Å². The Hall–Kier alpha value is -1.71. The lowest BCUT2D eigenvalue weighted by molar-refractivity contribution is 0.103. The minimum atomic E-state index is -0.170. The van der Waals surface area contributed by atoms with Gasteiger partial charge in [-0.2, -0.15) is 0 Å². The van der Waals surface area contributed by atoms with Gasteiger partial charge in [0.15, 0.2) is 5.78 Å². The highest BCUT2D eigenvalue weighted by atomic mass is 35.5. The predicted octanol–water partition coefficient (Wildman–Crippen LogP) is 4.86. The van der Waals surface area contributed by atoms with Crippen LogP contribution in [-0.4, -0.2) is 20.0 Å². The maximum atomic E-state index is 12.9. The van der Waals surface area contributed by atoms with Crippen LogP contribution in [0, 0.1) is 13.8 Å². The molecule has 0 bridgehead atoms. The van der Waals surface area contributed by atoms with E-state index in [2.05, 4.69) is 0 Å². The normalized spacial score (nSPS) is 10.5. The molecule has 0 aliphatic carbocycles. The molecule has 0 aliphatic heterocycles. The highest BCUT2D eigenvalue weighted by molar-refractivity contribution is 6.33. The first-order chi connectivity index (χ1) is 10.4. The standard InChI is InChI=1S/C17H16Cl2O3/c1-9-13(5-11(21-3)7-15(9)18)17(20)14-6-12(22-4)8-16(19)10(14)2/h5-8H,1-4H3. The molecule has 0 radical (unpaired) electrons. The number of rotatable bonds is 4. The molecular formula is C17H16Cl2O3. The Labute approximate surface area is 139 Å². The van der Waals surface area contributed by atoms with Crippen molar-refractivity contribution in [3.05, 3.63) is 56.6 Å². The van der Waals surface area contributed by atoms with Gasteiger partial charge in [-0.1, -0.05) is 23.2 Å². The van der Waals surface area contributed by atoms with E-state index in [1.165, 1.54) is 14.2 Å². The van der Waals surface area contributed by atoms with Gasteiger partial charge in [-0.3, -0.25) is 4.79 Å². The van der Waals surface area contributed by atoms with E-state index in [4.69, 9.17) is 32.7 Å². The first-order valence-corrected chi connectivity index (χ1v) is 7.37. The number of carbonyl (C=O) groups is 1. The zero-order chi connectivity index (χ0) is 16.4. The lowest BCUT2D eigenvalue weighted by Gasteiger charge is -2.13. The van der Waals surface area contributed by atoms with Gasteiger partial charge in [-0.25, -0.2) is 0 Å². The maximum absolute atomic E-state index is 12.9. The van der Waals surface area contributed by atoms with Gasteiger partial charge in [-0.05, 0) is 49.2 Å². The molecule has 0 saturated carbocycles. The molecule has 2 aromatic carbocycles. The summed E-state index contributed by atoms with van der Waals surface area (Å²) >= 11 is 12.4. The van der Waals surface area contributed by atoms with Gasteiger partial charge in [0.25, 0.3) is 0 Å². The number of methoxy groups -OCH3 is 2. The van der Waals surface area contributed by atoms with Gasteiger partial charge in [0.1, 0.15) is 11.5 Å². The lowest BCUT2D eigenvalue weighted by Crippen LogP contribution is -2.07. The van der Waals surface area contributed by atoms with Crippen LogP contribution in [0.5, 0.6) is 11.5 Å². The molecule has 0 heterocycles. The van der Waals surface area contributed by atoms with Crippen molar-refractivity contribution in [3.63, 3.8) is 0 Å². The fourth-order valence-corrected chi connectivity index (χ4v) is 2.58. The number of ketones is 1. The molecule has 3 nitrogen and oxygen atoms in total. The van der Waals surface area contributed by atoms with Crippen molar-refractivity contribution in [1.82, 2.24) is 0 Å². The van der Waals surface area contributed by atoms with Crippen LogP contribution < -0.4 is 9.47 Å². The zero-order valence-electron chi connectivity index (χ0n) is 12.8. The summed E-state index contributed by atoms with van der Waals surface area (Å²) in [6.07, 6.45) is 0. The highest BCUT2D eigenvalue weighted by Crippen LogP contribution is 2.31. The van der Waals surface area contributed by atoms with Crippen LogP contribution >= 0.6 is 23.2 Å². The Morgan fingerprint density at radius 1 is 0.818 bits per heavy atom. The van der Waals surface area contributed by atoms with Crippen LogP contribution in [0.25, 0.3) is 0 Å². The lowest BCUT2D eigenvalue weighted by atomic mass is 9.95. The van der Waals surface area contributed by atoms with Gasteiger partial charge in [-0.15, -0.1) is 0 Å². The number of ether oxygens (including phenoxy) is 2. The number of benzene rings is 2. The Bertz CT molecular complexity index is 678. The molecule has 0 N–H and O–H groups in total. The third-order valence-corrected chi connectivity index (χ3v) is 4.38. The highest BCUT2D eigenvalue weighted by Gasteiger charge is 2.19. The largest absolute Gasteiger partial charge is 0.497 e. The Kier molecular flexibility index (Phi) is 4.99. The van der Waals surface area contributed by atoms with Crippen molar-refractivity contribution in [2.45, 2.75) is 13.8 Å². The second kappa shape index (κ2) is 6.59. The zero-order valence-corrected chi connectivity index (χ0v) is 14.3. The number of hydrogen-bond donors (Lipinski definition) is 0. The minimum absolute atomic E-state index is 0.170. The number of halogens is 2. The molecule has 0 saturated heterocycles. The van der Waals surface area contributed by atoms with Crippen molar-refractivity contribution in [2.24, 2.45) is 0 Å². The molecule has 2 aromatic rings. The second-order valence-corrected chi connectivity index (χ2v) is 5.71. The minimum Gasteiger partial charge on any atom is -0.497 e. The van der Waals surface area contributed by atoms with Crippen molar-refractivity contribution in [2.75, 3.05) is 14.2 Å². The van der Waals surface area contributed by atoms with Crippen LogP contribution in [0.3, 0.4) is 0 Å². The number of hydrogen-bond acceptors (Lipinski definition) is 3. The van der Waals surface area contributed by atoms with E-state index in [-0.39, 0.29) is 5.78 Å². The molecule has 0 atom stereocenters. The molecular weight excluding hydrogens is 323 g/mol. The quantitative estimate of drug-likeness (QED) is 0.747. The van der Waals surface area contributed by atoms with E-state index in [1.54, 1.807) is 38.1 Å². The fourth-order valence-electron chi connectivity index (χ4n) is 2.16. The molecule has 5 heteroatoms. The van der Waals surface area contributed by atoms with Gasteiger partial charge < -0.3 is 9.47 Å². The Morgan fingerprint density at radius 3 is 1.50 bits per heavy atom. The molecule has 0 unspecified atom stereocenters. The predicted molar refractivity (Wildman–Crippen MR) is 88.9 cm³/mol. The van der Waals surface area contributed by atoms with Crippen LogP contribution in [-0.2, 0) is 0 Å². The van der Waals surface area contributed by atoms with Gasteiger partial charge >= 0.3 is 0 Å². The van der Waals surface area contributed by atoms with Crippen LogP contribution in [0.1, 0.15) is 27.0 Å². The Balaban J connectivity index is 2.62. The molecule has 0 aromatic heterocycles. The van der Waals surface area contributed by atoms with Crippen LogP contribution in [0.15, 0.2) is 24.3 Å². The third kappa shape index (κ3) is 3.06. The van der Waals surface area contributed by atoms with Crippen LogP contribution in [0.4, 0.5) is 0 Å². The van der Waals surface area contributed by atoms with Gasteiger partial charge in [0.2, 0.25) is 0 Å². The summed E-state index contributed by atoms with van der Waals surface area (Å²) in [6, 6.07) is 6.71. The molecule has 0 aliphatic rings. The molecule has 116 valence electrons. The average Bonchev–Trinajstić information content (AvgIpc) is 2.51. The Morgan fingerprint density at radius 2 is 1.18 bits per heavy atom. The summed E-state index contributed by atoms with van der Waals surface area (Å²) in [7, 11) is 3.06. The third-order valence-electron chi connectivity index (χ3n) is 3.60. The van der Waals surface area contributed by atoms with E-state index in [0.717, 1.165) is 0 Å². The monoisotopic (exact) mass is 338 g/mol. The summed E-state index contributed by atoms with van der Waals surface area (Å²) < 4.78 is 10.4. The maximum Gasteiger partial charge on any atom is 0.193 e. The number of carbonyl (C=O) groups excluding carboxylic acids is 1. The molecule has 0 spiro atoms. The van der Waals surface area contributed by atoms with Crippen molar-refractivity contribution in [1.29, 1.82) is 0 Å². The topological polar surface area (TPSA) is 35.5 Å². The van der Waals surface area contributed by atoms with Gasteiger partial charge in [0, 0.05) is 21.2 Å². The second-order valence-electron chi connectivity index (χ2n) is 4.89. The summed E-state index contributed by atoms with van der Waals surface area (Å²) in [5.74, 6) is 0.896. The molecule has 0 fully saturated rings. The van der Waals surface area contributed by atoms with E-state index in [0.29, 0.717) is 43.8 Å². The van der Waals surface area contributed by atoms with Gasteiger partial charge in [0.05, 0.1) is 14.2 Å². The van der Waals surface area contributed by atoms with E-state index in [1.807, 2.05) is 0 Å². The van der Waals surface area contributed by atoms with Crippen molar-refractivity contribution < 1.29 is 14.3 Å². The molecule has 2 rings (SSSR count). The molecule has 0 amide bonds. The van der Waals surface area contributed by atoms with Crippen molar-refractivity contribution in [3.8, 4) is 11.5 Å². The molecule has 22 heavy (non-hydrogen) atoms. The SMILES string of the molecule is COc1cc(Cl)c(C)c(C(=O)c2cc(OC)cc(Cl)c2C)c1. The average molecular weight is 339 g/mol. The summed E-state index contributed by atoms with van der Waals surface area (Å²) in [5.41, 5.74) is 2.37. The van der Waals surface area contributed by atoms with Crippen LogP contribution in [0.2, 0.25) is 10.0 Å². The fraction of sp³-hybridized carbons (Fsp3) is 0.235. The van der Waals surface area contributed by atoms with Crippen molar-refractivity contribution >= 4 is 29.0 Å². The summed E-state index contributed by atoms with van der Waals surface area (Å²) in [4.78, 5) is 12.9. The summed E-state index contributed by atoms with van der Waals surface area (Å²) in [5, 5.41) is 0.962. The summed E-state index contributed by atoms with van der Waals surface area (Å²) in [6.45, 7) is 3.60. The van der Waals surface area contributed by atoms with E-state index >= 15 is 0 Å². The van der Waals surface area contributed by atoms with E-state index < -0.39 is 0 Å². The smallest absolute Gasteiger partial charge is 0.193 e.